The van der Waals surface area contributed by atoms with E-state index in [-0.39, 0.29) is 5.56 Å². The molecule has 0 amide bonds. The van der Waals surface area contributed by atoms with Crippen LogP contribution in [0, 0.1) is 3.57 Å². The zero-order valence-corrected chi connectivity index (χ0v) is 10.6. The van der Waals surface area contributed by atoms with Gasteiger partial charge in [-0.1, -0.05) is 0 Å². The molecule has 2 rings (SSSR count). The van der Waals surface area contributed by atoms with Crippen LogP contribution in [0.15, 0.2) is 24.4 Å². The number of halogens is 1. The number of nitrogens with zero attached hydrogens (tertiary/aromatic N) is 1. The van der Waals surface area contributed by atoms with Crippen molar-refractivity contribution < 1.29 is 14.6 Å². The van der Waals surface area contributed by atoms with Crippen LogP contribution in [0.5, 0.6) is 5.75 Å². The summed E-state index contributed by atoms with van der Waals surface area (Å²) in [5.74, 6) is -0.495. The van der Waals surface area contributed by atoms with Crippen molar-refractivity contribution in [1.29, 1.82) is 0 Å². The molecule has 0 saturated carbocycles. The van der Waals surface area contributed by atoms with E-state index in [0.717, 1.165) is 8.96 Å². The minimum Gasteiger partial charge on any atom is -0.494 e. The molecule has 1 aromatic carbocycles. The summed E-state index contributed by atoms with van der Waals surface area (Å²) in [5, 5.41) is 9.72. The van der Waals surface area contributed by atoms with Gasteiger partial charge in [0, 0.05) is 15.2 Å². The zero-order valence-electron chi connectivity index (χ0n) is 8.40. The Hall–Kier alpha value is -1.37. The Morgan fingerprint density at radius 1 is 1.44 bits per heavy atom. The van der Waals surface area contributed by atoms with Crippen LogP contribution in [0.4, 0.5) is 0 Å². The fraction of sp³-hybridized carbons (Fsp3) is 0.0909. The largest absolute Gasteiger partial charge is 0.494 e. The van der Waals surface area contributed by atoms with Gasteiger partial charge < -0.3 is 9.84 Å². The summed E-state index contributed by atoms with van der Waals surface area (Å²) in [7, 11) is 1.50. The number of pyridine rings is 1. The number of carbonyl (C=O) groups is 1. The molecular formula is C11H8INO3. The third-order valence-corrected chi connectivity index (χ3v) is 2.77. The highest BCUT2D eigenvalue weighted by molar-refractivity contribution is 14.1. The average molecular weight is 329 g/mol. The fourth-order valence-electron chi connectivity index (χ4n) is 1.47. The first-order valence-corrected chi connectivity index (χ1v) is 5.56. The first-order chi connectivity index (χ1) is 7.61. The van der Waals surface area contributed by atoms with E-state index in [1.54, 1.807) is 12.3 Å². The molecular weight excluding hydrogens is 321 g/mol. The number of carboxylic acid groups (broad SMARTS) is 1. The van der Waals surface area contributed by atoms with Gasteiger partial charge in [-0.05, 0) is 40.8 Å². The van der Waals surface area contributed by atoms with Crippen molar-refractivity contribution in [3.63, 3.8) is 0 Å². The number of aromatic nitrogens is 1. The number of benzene rings is 1. The molecule has 0 atom stereocenters. The Morgan fingerprint density at radius 3 is 2.81 bits per heavy atom. The minimum atomic E-state index is -0.973. The third-order valence-electron chi connectivity index (χ3n) is 2.18. The molecule has 82 valence electrons. The molecule has 1 N–H and O–H groups in total. The molecule has 0 spiro atoms. The van der Waals surface area contributed by atoms with Gasteiger partial charge >= 0.3 is 5.97 Å². The molecule has 0 radical (unpaired) electrons. The van der Waals surface area contributed by atoms with Gasteiger partial charge in [0.25, 0.3) is 0 Å². The van der Waals surface area contributed by atoms with Crippen LogP contribution in [-0.4, -0.2) is 23.2 Å². The highest BCUT2D eigenvalue weighted by Crippen LogP contribution is 2.26. The summed E-state index contributed by atoms with van der Waals surface area (Å²) in [6, 6.07) is 4.94. The van der Waals surface area contributed by atoms with Crippen LogP contribution in [0.25, 0.3) is 10.9 Å². The second-order valence-corrected chi connectivity index (χ2v) is 4.45. The minimum absolute atomic E-state index is 0.202. The van der Waals surface area contributed by atoms with E-state index in [2.05, 4.69) is 27.6 Å². The molecule has 0 fully saturated rings. The van der Waals surface area contributed by atoms with Gasteiger partial charge in [0.1, 0.15) is 11.3 Å². The molecule has 0 aliphatic carbocycles. The summed E-state index contributed by atoms with van der Waals surface area (Å²) in [4.78, 5) is 15.1. The van der Waals surface area contributed by atoms with E-state index in [4.69, 9.17) is 9.84 Å². The van der Waals surface area contributed by atoms with Crippen LogP contribution in [0.1, 0.15) is 10.4 Å². The van der Waals surface area contributed by atoms with Crippen molar-refractivity contribution in [3.05, 3.63) is 33.5 Å². The topological polar surface area (TPSA) is 59.4 Å². The van der Waals surface area contributed by atoms with Gasteiger partial charge in [-0.3, -0.25) is 4.98 Å². The van der Waals surface area contributed by atoms with Gasteiger partial charge in [0.2, 0.25) is 0 Å². The van der Waals surface area contributed by atoms with E-state index in [1.807, 2.05) is 6.07 Å². The number of carboxylic acids is 1. The lowest BCUT2D eigenvalue weighted by Gasteiger charge is -2.06. The van der Waals surface area contributed by atoms with E-state index >= 15 is 0 Å². The monoisotopic (exact) mass is 329 g/mol. The lowest BCUT2D eigenvalue weighted by molar-refractivity contribution is 0.0696. The number of ether oxygens (including phenoxy) is 1. The van der Waals surface area contributed by atoms with Crippen molar-refractivity contribution in [1.82, 2.24) is 4.98 Å². The normalized spacial score (nSPS) is 10.4. The first-order valence-electron chi connectivity index (χ1n) is 4.48. The summed E-state index contributed by atoms with van der Waals surface area (Å²) in [6.07, 6.45) is 1.71. The quantitative estimate of drug-likeness (QED) is 0.861. The van der Waals surface area contributed by atoms with Crippen molar-refractivity contribution >= 4 is 39.5 Å². The highest BCUT2D eigenvalue weighted by atomic mass is 127. The third kappa shape index (κ3) is 1.95. The van der Waals surface area contributed by atoms with E-state index in [0.29, 0.717) is 11.3 Å². The number of fused-ring (bicyclic) bond motifs is 1. The summed E-state index contributed by atoms with van der Waals surface area (Å²) >= 11 is 2.13. The van der Waals surface area contributed by atoms with Crippen LogP contribution >= 0.6 is 22.6 Å². The second-order valence-electron chi connectivity index (χ2n) is 3.21. The maximum Gasteiger partial charge on any atom is 0.335 e. The molecule has 0 bridgehead atoms. The van der Waals surface area contributed by atoms with E-state index in [9.17, 15) is 4.79 Å². The SMILES string of the molecule is COc1cc(C(=O)O)cc2cc(I)cnc12. The number of aromatic carboxylic acids is 1. The van der Waals surface area contributed by atoms with Gasteiger partial charge in [-0.25, -0.2) is 4.79 Å². The van der Waals surface area contributed by atoms with Crippen LogP contribution in [0.3, 0.4) is 0 Å². The van der Waals surface area contributed by atoms with Gasteiger partial charge in [-0.2, -0.15) is 0 Å². The number of hydrogen-bond donors (Lipinski definition) is 1. The van der Waals surface area contributed by atoms with E-state index < -0.39 is 5.97 Å². The van der Waals surface area contributed by atoms with Crippen molar-refractivity contribution in [3.8, 4) is 5.75 Å². The maximum absolute atomic E-state index is 10.9. The maximum atomic E-state index is 10.9. The van der Waals surface area contributed by atoms with Crippen LogP contribution in [0.2, 0.25) is 0 Å². The molecule has 5 heteroatoms. The number of rotatable bonds is 2. The van der Waals surface area contributed by atoms with Crippen molar-refractivity contribution in [2.24, 2.45) is 0 Å². The van der Waals surface area contributed by atoms with Crippen molar-refractivity contribution in [2.75, 3.05) is 7.11 Å². The number of methoxy groups -OCH3 is 1. The molecule has 0 unspecified atom stereocenters. The van der Waals surface area contributed by atoms with Crippen molar-refractivity contribution in [2.45, 2.75) is 0 Å². The Bertz CT molecular complexity index is 568. The zero-order chi connectivity index (χ0) is 11.7. The highest BCUT2D eigenvalue weighted by Gasteiger charge is 2.10. The summed E-state index contributed by atoms with van der Waals surface area (Å²) in [5.41, 5.74) is 0.876. The van der Waals surface area contributed by atoms with E-state index in [1.165, 1.54) is 13.2 Å². The second kappa shape index (κ2) is 4.25. The molecule has 0 saturated heterocycles. The molecule has 16 heavy (non-hydrogen) atoms. The van der Waals surface area contributed by atoms with Gasteiger partial charge in [0.15, 0.2) is 0 Å². The summed E-state index contributed by atoms with van der Waals surface area (Å²) < 4.78 is 6.08. The Kier molecular flexibility index (Phi) is 2.95. The first kappa shape index (κ1) is 11.1. The Labute approximate surface area is 105 Å². The fourth-order valence-corrected chi connectivity index (χ4v) is 1.94. The van der Waals surface area contributed by atoms with Gasteiger partial charge in [-0.15, -0.1) is 0 Å². The number of hydrogen-bond acceptors (Lipinski definition) is 3. The summed E-state index contributed by atoms with van der Waals surface area (Å²) in [6.45, 7) is 0. The Morgan fingerprint density at radius 2 is 2.19 bits per heavy atom. The van der Waals surface area contributed by atoms with Crippen LogP contribution in [-0.2, 0) is 0 Å². The lowest BCUT2D eigenvalue weighted by Crippen LogP contribution is -1.98. The van der Waals surface area contributed by atoms with Crippen LogP contribution < -0.4 is 4.74 Å². The molecule has 1 heterocycles. The molecule has 4 nitrogen and oxygen atoms in total. The standard InChI is InChI=1S/C11H8INO3/c1-16-9-4-7(11(14)15)2-6-3-8(12)5-13-10(6)9/h2-5H,1H3,(H,14,15). The molecule has 1 aromatic heterocycles. The molecule has 0 aliphatic rings. The van der Waals surface area contributed by atoms with Gasteiger partial charge in [0.05, 0.1) is 12.7 Å². The molecule has 2 aromatic rings. The lowest BCUT2D eigenvalue weighted by atomic mass is 10.1. The predicted octanol–water partition coefficient (Wildman–Crippen LogP) is 2.55. The smallest absolute Gasteiger partial charge is 0.335 e. The Balaban J connectivity index is 2.78. The molecule has 0 aliphatic heterocycles. The predicted molar refractivity (Wildman–Crippen MR) is 68.0 cm³/mol. The average Bonchev–Trinajstić information content (AvgIpc) is 2.26.